The van der Waals surface area contributed by atoms with Gasteiger partial charge in [0.25, 0.3) is 0 Å². The number of alkyl halides is 3. The zero-order valence-corrected chi connectivity index (χ0v) is 7.30. The summed E-state index contributed by atoms with van der Waals surface area (Å²) >= 11 is 0. The quantitative estimate of drug-likeness (QED) is 0.784. The van der Waals surface area contributed by atoms with Crippen molar-refractivity contribution in [3.63, 3.8) is 0 Å². The molecule has 0 aliphatic carbocycles. The Balaban J connectivity index is 2.59. The van der Waals surface area contributed by atoms with Gasteiger partial charge < -0.3 is 9.88 Å². The molecule has 1 N–H and O–H groups in total. The van der Waals surface area contributed by atoms with Gasteiger partial charge in [0, 0.05) is 13.2 Å². The number of H-pyrrole nitrogens is 1. The highest BCUT2D eigenvalue weighted by Crippen LogP contribution is 2.18. The molecule has 1 aromatic heterocycles. The maximum atomic E-state index is 11.9. The normalized spacial score (nSPS) is 11.4. The number of carbonyl (C=O) groups excluding carboxylic acids is 1. The Morgan fingerprint density at radius 3 is 2.71 bits per heavy atom. The van der Waals surface area contributed by atoms with E-state index in [0.717, 1.165) is 7.05 Å². The molecular formula is C7H8F3N3O. The zero-order valence-electron chi connectivity index (χ0n) is 7.30. The summed E-state index contributed by atoms with van der Waals surface area (Å²) in [7, 11) is 1.08. The minimum Gasteiger partial charge on any atom is -0.347 e. The van der Waals surface area contributed by atoms with Gasteiger partial charge >= 0.3 is 12.1 Å². The fourth-order valence-corrected chi connectivity index (χ4v) is 0.915. The van der Waals surface area contributed by atoms with Crippen LogP contribution in [-0.4, -0.2) is 34.0 Å². The minimum atomic E-state index is -4.82. The summed E-state index contributed by atoms with van der Waals surface area (Å²) in [6.07, 6.45) is -2.13. The number of aromatic amines is 1. The molecule has 0 bridgehead atoms. The molecule has 0 unspecified atom stereocenters. The van der Waals surface area contributed by atoms with E-state index in [0.29, 0.717) is 10.6 Å². The van der Waals surface area contributed by atoms with E-state index in [1.54, 1.807) is 0 Å². The third-order valence-electron chi connectivity index (χ3n) is 1.55. The molecule has 1 rings (SSSR count). The summed E-state index contributed by atoms with van der Waals surface area (Å²) in [5.74, 6) is -1.87. The second-order valence-electron chi connectivity index (χ2n) is 2.74. The van der Waals surface area contributed by atoms with E-state index in [1.807, 2.05) is 0 Å². The van der Waals surface area contributed by atoms with Crippen molar-refractivity contribution in [1.29, 1.82) is 0 Å². The molecule has 1 aromatic rings. The molecule has 14 heavy (non-hydrogen) atoms. The Morgan fingerprint density at radius 2 is 2.29 bits per heavy atom. The van der Waals surface area contributed by atoms with Crippen molar-refractivity contribution in [2.75, 3.05) is 7.05 Å². The van der Waals surface area contributed by atoms with Gasteiger partial charge in [-0.15, -0.1) is 0 Å². The SMILES string of the molecule is CN(Cc1cnc[nH]1)C(=O)C(F)(F)F. The molecule has 0 fully saturated rings. The van der Waals surface area contributed by atoms with Crippen LogP contribution in [-0.2, 0) is 11.3 Å². The summed E-state index contributed by atoms with van der Waals surface area (Å²) < 4.78 is 35.7. The Kier molecular flexibility index (Phi) is 2.78. The first kappa shape index (κ1) is 10.6. The third kappa shape index (κ3) is 2.48. The number of carbonyl (C=O) groups is 1. The molecule has 0 radical (unpaired) electrons. The highest BCUT2D eigenvalue weighted by Gasteiger charge is 2.41. The Labute approximate surface area is 77.7 Å². The smallest absolute Gasteiger partial charge is 0.347 e. The van der Waals surface area contributed by atoms with Crippen molar-refractivity contribution in [3.05, 3.63) is 18.2 Å². The molecule has 7 heteroatoms. The summed E-state index contributed by atoms with van der Waals surface area (Å²) in [5, 5.41) is 0. The number of nitrogens with one attached hydrogen (secondary N) is 1. The van der Waals surface area contributed by atoms with Crippen LogP contribution in [0.4, 0.5) is 13.2 Å². The monoisotopic (exact) mass is 207 g/mol. The predicted molar refractivity (Wildman–Crippen MR) is 41.1 cm³/mol. The lowest BCUT2D eigenvalue weighted by atomic mass is 10.4. The Hall–Kier alpha value is -1.53. The molecule has 0 spiro atoms. The van der Waals surface area contributed by atoms with E-state index >= 15 is 0 Å². The van der Waals surface area contributed by atoms with Crippen LogP contribution >= 0.6 is 0 Å². The number of aromatic nitrogens is 2. The zero-order chi connectivity index (χ0) is 10.8. The van der Waals surface area contributed by atoms with Gasteiger partial charge in [-0.3, -0.25) is 4.79 Å². The molecule has 0 aliphatic heterocycles. The second-order valence-corrected chi connectivity index (χ2v) is 2.74. The maximum Gasteiger partial charge on any atom is 0.471 e. The molecule has 0 saturated carbocycles. The van der Waals surface area contributed by atoms with Gasteiger partial charge in [-0.2, -0.15) is 13.2 Å². The second kappa shape index (κ2) is 3.69. The van der Waals surface area contributed by atoms with Crippen LogP contribution in [0.25, 0.3) is 0 Å². The van der Waals surface area contributed by atoms with Crippen LogP contribution < -0.4 is 0 Å². The molecule has 0 aliphatic rings. The molecular weight excluding hydrogens is 199 g/mol. The molecule has 0 atom stereocenters. The van der Waals surface area contributed by atoms with Gasteiger partial charge in [-0.1, -0.05) is 0 Å². The molecule has 0 aromatic carbocycles. The predicted octanol–water partition coefficient (Wildman–Crippen LogP) is 0.930. The number of hydrogen-bond donors (Lipinski definition) is 1. The highest BCUT2D eigenvalue weighted by atomic mass is 19.4. The van der Waals surface area contributed by atoms with Crippen molar-refractivity contribution < 1.29 is 18.0 Å². The van der Waals surface area contributed by atoms with Gasteiger partial charge in [-0.25, -0.2) is 4.98 Å². The van der Waals surface area contributed by atoms with Gasteiger partial charge in [0.1, 0.15) is 0 Å². The van der Waals surface area contributed by atoms with Crippen molar-refractivity contribution in [1.82, 2.24) is 14.9 Å². The van der Waals surface area contributed by atoms with Gasteiger partial charge in [0.15, 0.2) is 0 Å². The number of amides is 1. The summed E-state index contributed by atoms with van der Waals surface area (Å²) in [5.41, 5.74) is 0.449. The first-order chi connectivity index (χ1) is 6.41. The lowest BCUT2D eigenvalue weighted by Crippen LogP contribution is -2.38. The van der Waals surface area contributed by atoms with E-state index in [9.17, 15) is 18.0 Å². The van der Waals surface area contributed by atoms with Crippen LogP contribution in [0.15, 0.2) is 12.5 Å². The van der Waals surface area contributed by atoms with Crippen LogP contribution in [0.1, 0.15) is 5.69 Å². The summed E-state index contributed by atoms with van der Waals surface area (Å²) in [4.78, 5) is 17.5. The van der Waals surface area contributed by atoms with Crippen LogP contribution in [0.2, 0.25) is 0 Å². The van der Waals surface area contributed by atoms with E-state index < -0.39 is 12.1 Å². The maximum absolute atomic E-state index is 11.9. The van der Waals surface area contributed by atoms with E-state index in [2.05, 4.69) is 9.97 Å². The van der Waals surface area contributed by atoms with Gasteiger partial charge in [-0.05, 0) is 0 Å². The average molecular weight is 207 g/mol. The molecule has 1 amide bonds. The lowest BCUT2D eigenvalue weighted by Gasteiger charge is -2.17. The fraction of sp³-hybridized carbons (Fsp3) is 0.429. The minimum absolute atomic E-state index is 0.141. The van der Waals surface area contributed by atoms with E-state index in [4.69, 9.17) is 0 Å². The fourth-order valence-electron chi connectivity index (χ4n) is 0.915. The van der Waals surface area contributed by atoms with Crippen molar-refractivity contribution >= 4 is 5.91 Å². The molecule has 78 valence electrons. The first-order valence-electron chi connectivity index (χ1n) is 3.71. The molecule has 1 heterocycles. The van der Waals surface area contributed by atoms with E-state index in [1.165, 1.54) is 12.5 Å². The number of nitrogens with zero attached hydrogens (tertiary/aromatic N) is 2. The lowest BCUT2D eigenvalue weighted by molar-refractivity contribution is -0.184. The largest absolute Gasteiger partial charge is 0.471 e. The van der Waals surface area contributed by atoms with Crippen molar-refractivity contribution in [2.45, 2.75) is 12.7 Å². The van der Waals surface area contributed by atoms with Crippen LogP contribution in [0.5, 0.6) is 0 Å². The molecule has 0 saturated heterocycles. The number of hydrogen-bond acceptors (Lipinski definition) is 2. The number of imidazole rings is 1. The van der Waals surface area contributed by atoms with Crippen LogP contribution in [0.3, 0.4) is 0 Å². The van der Waals surface area contributed by atoms with E-state index in [-0.39, 0.29) is 6.54 Å². The average Bonchev–Trinajstić information content (AvgIpc) is 2.53. The first-order valence-corrected chi connectivity index (χ1v) is 3.71. The van der Waals surface area contributed by atoms with Crippen molar-refractivity contribution in [2.24, 2.45) is 0 Å². The molecule has 4 nitrogen and oxygen atoms in total. The Bertz CT molecular complexity index is 306. The Morgan fingerprint density at radius 1 is 1.64 bits per heavy atom. The third-order valence-corrected chi connectivity index (χ3v) is 1.55. The number of halogens is 3. The van der Waals surface area contributed by atoms with Crippen LogP contribution in [0, 0.1) is 0 Å². The van der Waals surface area contributed by atoms with Gasteiger partial charge in [0.2, 0.25) is 0 Å². The summed E-state index contributed by atoms with van der Waals surface area (Å²) in [6, 6.07) is 0. The number of rotatable bonds is 2. The topological polar surface area (TPSA) is 49.0 Å². The standard InChI is InChI=1S/C7H8F3N3O/c1-13(6(14)7(8,9)10)3-5-2-11-4-12-5/h2,4H,3H2,1H3,(H,11,12). The van der Waals surface area contributed by atoms with Gasteiger partial charge in [0.05, 0.1) is 18.6 Å². The van der Waals surface area contributed by atoms with Crippen molar-refractivity contribution in [3.8, 4) is 0 Å². The highest BCUT2D eigenvalue weighted by molar-refractivity contribution is 5.81. The summed E-state index contributed by atoms with van der Waals surface area (Å²) in [6.45, 7) is -0.141.